The van der Waals surface area contributed by atoms with Crippen LogP contribution in [0.2, 0.25) is 5.02 Å². The van der Waals surface area contributed by atoms with Crippen molar-refractivity contribution in [2.45, 2.75) is 20.3 Å². The van der Waals surface area contributed by atoms with E-state index < -0.39 is 0 Å². The molecule has 0 atom stereocenters. The molecule has 1 N–H and O–H groups in total. The molecule has 0 unspecified atom stereocenters. The first-order valence-corrected chi connectivity index (χ1v) is 6.04. The van der Waals surface area contributed by atoms with Crippen LogP contribution in [0.3, 0.4) is 0 Å². The minimum Gasteiger partial charge on any atom is -0.396 e. The number of benzene rings is 1. The number of aliphatic hydroxyl groups excluding tert-OH is 1. The SMILES string of the molecule is CC(C)(CO)Cc1c(Cl)ccc2cccnc12. The molecule has 0 aliphatic carbocycles. The van der Waals surface area contributed by atoms with Crippen molar-refractivity contribution in [1.29, 1.82) is 0 Å². The summed E-state index contributed by atoms with van der Waals surface area (Å²) in [6, 6.07) is 7.81. The molecule has 0 saturated carbocycles. The molecule has 1 aromatic heterocycles. The maximum Gasteiger partial charge on any atom is 0.0748 e. The summed E-state index contributed by atoms with van der Waals surface area (Å²) in [4.78, 5) is 4.39. The Labute approximate surface area is 106 Å². The quantitative estimate of drug-likeness (QED) is 0.904. The molecule has 3 heteroatoms. The van der Waals surface area contributed by atoms with E-state index >= 15 is 0 Å². The van der Waals surface area contributed by atoms with Gasteiger partial charge in [-0.15, -0.1) is 0 Å². The predicted molar refractivity (Wildman–Crippen MR) is 71.3 cm³/mol. The van der Waals surface area contributed by atoms with E-state index in [0.717, 1.165) is 27.9 Å². The number of hydrogen-bond acceptors (Lipinski definition) is 2. The maximum absolute atomic E-state index is 9.35. The van der Waals surface area contributed by atoms with Crippen molar-refractivity contribution in [2.75, 3.05) is 6.61 Å². The van der Waals surface area contributed by atoms with Gasteiger partial charge in [-0.3, -0.25) is 4.98 Å². The van der Waals surface area contributed by atoms with E-state index in [1.165, 1.54) is 0 Å². The largest absolute Gasteiger partial charge is 0.396 e. The van der Waals surface area contributed by atoms with Crippen molar-refractivity contribution in [3.8, 4) is 0 Å². The predicted octanol–water partition coefficient (Wildman–Crippen LogP) is 3.45. The summed E-state index contributed by atoms with van der Waals surface area (Å²) in [7, 11) is 0. The molecule has 0 aliphatic rings. The van der Waals surface area contributed by atoms with Crippen molar-refractivity contribution in [2.24, 2.45) is 5.41 Å². The maximum atomic E-state index is 9.35. The molecule has 0 radical (unpaired) electrons. The summed E-state index contributed by atoms with van der Waals surface area (Å²) in [6.07, 6.45) is 2.49. The Morgan fingerprint density at radius 3 is 2.76 bits per heavy atom. The zero-order chi connectivity index (χ0) is 12.5. The first-order chi connectivity index (χ1) is 8.03. The Morgan fingerprint density at radius 2 is 2.06 bits per heavy atom. The van der Waals surface area contributed by atoms with Gasteiger partial charge in [0.2, 0.25) is 0 Å². The standard InChI is InChI=1S/C14H16ClNO/c1-14(2,9-17)8-11-12(15)6-5-10-4-3-7-16-13(10)11/h3-7,17H,8-9H2,1-2H3. The molecular formula is C14H16ClNO. The molecule has 0 bridgehead atoms. The van der Waals surface area contributed by atoms with Gasteiger partial charge in [0.05, 0.1) is 5.52 Å². The second-order valence-electron chi connectivity index (χ2n) is 5.10. The van der Waals surface area contributed by atoms with E-state index in [4.69, 9.17) is 11.6 Å². The Bertz CT molecular complexity index is 537. The third-order valence-corrected chi connectivity index (χ3v) is 3.26. The highest BCUT2D eigenvalue weighted by Crippen LogP contribution is 2.30. The van der Waals surface area contributed by atoms with Crippen LogP contribution in [0, 0.1) is 5.41 Å². The number of pyridine rings is 1. The first-order valence-electron chi connectivity index (χ1n) is 5.66. The number of nitrogens with zero attached hydrogens (tertiary/aromatic N) is 1. The molecule has 0 aliphatic heterocycles. The van der Waals surface area contributed by atoms with Gasteiger partial charge in [0, 0.05) is 23.2 Å². The van der Waals surface area contributed by atoms with Crippen LogP contribution in [0.25, 0.3) is 10.9 Å². The van der Waals surface area contributed by atoms with Gasteiger partial charge in [0.25, 0.3) is 0 Å². The Kier molecular flexibility index (Phi) is 3.36. The number of hydrogen-bond donors (Lipinski definition) is 1. The Balaban J connectivity index is 2.55. The van der Waals surface area contributed by atoms with Gasteiger partial charge < -0.3 is 5.11 Å². The molecule has 0 amide bonds. The van der Waals surface area contributed by atoms with Crippen LogP contribution >= 0.6 is 11.6 Å². The molecule has 0 spiro atoms. The summed E-state index contributed by atoms with van der Waals surface area (Å²) < 4.78 is 0. The monoisotopic (exact) mass is 249 g/mol. The van der Waals surface area contributed by atoms with Crippen LogP contribution in [0.1, 0.15) is 19.4 Å². The highest BCUT2D eigenvalue weighted by atomic mass is 35.5. The number of rotatable bonds is 3. The van der Waals surface area contributed by atoms with Crippen LogP contribution < -0.4 is 0 Å². The van der Waals surface area contributed by atoms with Crippen molar-refractivity contribution in [3.63, 3.8) is 0 Å². The van der Waals surface area contributed by atoms with E-state index in [1.807, 2.05) is 38.1 Å². The summed E-state index contributed by atoms with van der Waals surface area (Å²) >= 11 is 6.24. The minimum absolute atomic E-state index is 0.131. The fourth-order valence-electron chi connectivity index (χ4n) is 1.88. The molecule has 2 aromatic rings. The number of fused-ring (bicyclic) bond motifs is 1. The third kappa shape index (κ3) is 2.59. The first kappa shape index (κ1) is 12.3. The average molecular weight is 250 g/mol. The van der Waals surface area contributed by atoms with Crippen LogP contribution in [-0.2, 0) is 6.42 Å². The molecule has 1 aromatic carbocycles. The zero-order valence-corrected chi connectivity index (χ0v) is 10.8. The second kappa shape index (κ2) is 4.63. The van der Waals surface area contributed by atoms with Gasteiger partial charge in [0.15, 0.2) is 0 Å². The molecule has 2 nitrogen and oxygen atoms in total. The van der Waals surface area contributed by atoms with Crippen LogP contribution in [-0.4, -0.2) is 16.7 Å². The lowest BCUT2D eigenvalue weighted by molar-refractivity contribution is 0.160. The van der Waals surface area contributed by atoms with E-state index in [2.05, 4.69) is 4.98 Å². The molecule has 0 fully saturated rings. The topological polar surface area (TPSA) is 33.1 Å². The molecule has 1 heterocycles. The fourth-order valence-corrected chi connectivity index (χ4v) is 2.10. The van der Waals surface area contributed by atoms with Crippen molar-refractivity contribution < 1.29 is 5.11 Å². The lowest BCUT2D eigenvalue weighted by Gasteiger charge is -2.22. The number of halogens is 1. The molecule has 17 heavy (non-hydrogen) atoms. The van der Waals surface area contributed by atoms with Gasteiger partial charge in [-0.1, -0.05) is 37.6 Å². The van der Waals surface area contributed by atoms with Crippen LogP contribution in [0.4, 0.5) is 0 Å². The van der Waals surface area contributed by atoms with Gasteiger partial charge in [-0.05, 0) is 29.5 Å². The van der Waals surface area contributed by atoms with Crippen molar-refractivity contribution >= 4 is 22.5 Å². The Morgan fingerprint density at radius 1 is 1.29 bits per heavy atom. The molecule has 0 saturated heterocycles. The van der Waals surface area contributed by atoms with Gasteiger partial charge in [-0.2, -0.15) is 0 Å². The van der Waals surface area contributed by atoms with E-state index in [-0.39, 0.29) is 12.0 Å². The highest BCUT2D eigenvalue weighted by Gasteiger charge is 2.20. The summed E-state index contributed by atoms with van der Waals surface area (Å²) in [6.45, 7) is 4.17. The van der Waals surface area contributed by atoms with Crippen molar-refractivity contribution in [3.05, 3.63) is 41.0 Å². The van der Waals surface area contributed by atoms with Crippen molar-refractivity contribution in [1.82, 2.24) is 4.98 Å². The molecule has 90 valence electrons. The molecule has 2 rings (SSSR count). The summed E-state index contributed by atoms with van der Waals surface area (Å²) in [5.41, 5.74) is 1.76. The fraction of sp³-hybridized carbons (Fsp3) is 0.357. The smallest absolute Gasteiger partial charge is 0.0748 e. The Hall–Kier alpha value is -1.12. The summed E-state index contributed by atoms with van der Waals surface area (Å²) in [5, 5.41) is 11.2. The number of aliphatic hydroxyl groups is 1. The lowest BCUT2D eigenvalue weighted by Crippen LogP contribution is -2.20. The van der Waals surface area contributed by atoms with Gasteiger partial charge >= 0.3 is 0 Å². The van der Waals surface area contributed by atoms with Gasteiger partial charge in [-0.25, -0.2) is 0 Å². The van der Waals surface area contributed by atoms with Gasteiger partial charge in [0.1, 0.15) is 0 Å². The normalized spacial score (nSPS) is 12.0. The lowest BCUT2D eigenvalue weighted by atomic mass is 9.86. The second-order valence-corrected chi connectivity index (χ2v) is 5.51. The van der Waals surface area contributed by atoms with E-state index in [9.17, 15) is 5.11 Å². The summed E-state index contributed by atoms with van der Waals surface area (Å²) in [5.74, 6) is 0. The zero-order valence-electron chi connectivity index (χ0n) is 10.1. The highest BCUT2D eigenvalue weighted by molar-refractivity contribution is 6.32. The van der Waals surface area contributed by atoms with Crippen LogP contribution in [0.5, 0.6) is 0 Å². The minimum atomic E-state index is -0.185. The van der Waals surface area contributed by atoms with E-state index in [1.54, 1.807) is 6.20 Å². The third-order valence-electron chi connectivity index (χ3n) is 2.91. The average Bonchev–Trinajstić information content (AvgIpc) is 2.33. The van der Waals surface area contributed by atoms with Crippen LogP contribution in [0.15, 0.2) is 30.5 Å². The van der Waals surface area contributed by atoms with E-state index in [0.29, 0.717) is 0 Å². The molecular weight excluding hydrogens is 234 g/mol. The number of aromatic nitrogens is 1.